The Morgan fingerprint density at radius 3 is 2.68 bits per heavy atom. The van der Waals surface area contributed by atoms with Gasteiger partial charge in [-0.15, -0.1) is 0 Å². The molecule has 2 heterocycles. The molecule has 1 amide bonds. The number of benzene rings is 2. The average molecular weight is 336 g/mol. The second-order valence-corrected chi connectivity index (χ2v) is 6.15. The highest BCUT2D eigenvalue weighted by molar-refractivity contribution is 6.06. The van der Waals surface area contributed by atoms with Gasteiger partial charge >= 0.3 is 0 Å². The molecule has 1 aliphatic heterocycles. The van der Waals surface area contributed by atoms with E-state index in [-0.39, 0.29) is 11.7 Å². The summed E-state index contributed by atoms with van der Waals surface area (Å²) in [6, 6.07) is 11.8. The third kappa shape index (κ3) is 2.91. The Hall–Kier alpha value is -3.02. The number of anilines is 1. The summed E-state index contributed by atoms with van der Waals surface area (Å²) in [5.41, 5.74) is 3.10. The summed E-state index contributed by atoms with van der Waals surface area (Å²) in [4.78, 5) is 18.8. The van der Waals surface area contributed by atoms with Gasteiger partial charge in [0.05, 0.1) is 5.69 Å². The van der Waals surface area contributed by atoms with E-state index < -0.39 is 0 Å². The molecule has 0 spiro atoms. The van der Waals surface area contributed by atoms with Gasteiger partial charge in [-0.05, 0) is 42.7 Å². The van der Waals surface area contributed by atoms with E-state index in [2.05, 4.69) is 10.1 Å². The molecule has 0 saturated heterocycles. The number of halogens is 1. The minimum atomic E-state index is -0.324. The molecular weight excluding hydrogens is 319 g/mol. The molecule has 0 atom stereocenters. The Labute approximate surface area is 144 Å². The van der Waals surface area contributed by atoms with Gasteiger partial charge in [0.25, 0.3) is 5.91 Å². The molecule has 0 bridgehead atoms. The number of rotatable bonds is 2. The first-order chi connectivity index (χ1) is 12.1. The van der Waals surface area contributed by atoms with Crippen molar-refractivity contribution in [1.82, 2.24) is 14.8 Å². The minimum Gasteiger partial charge on any atom is -0.308 e. The number of amides is 1. The standard InChI is InChI=1S/C19H17FN4O/c1-23-12-21-18(22-23)14-4-6-15(7-5-14)19(25)24-10-2-3-13-8-9-16(20)11-17(13)24/h4-9,11-12H,2-3,10H2,1H3. The van der Waals surface area contributed by atoms with Crippen LogP contribution in [0.3, 0.4) is 0 Å². The third-order valence-electron chi connectivity index (χ3n) is 4.40. The lowest BCUT2D eigenvalue weighted by molar-refractivity contribution is 0.0985. The van der Waals surface area contributed by atoms with Gasteiger partial charge in [0.2, 0.25) is 0 Å². The molecule has 4 rings (SSSR count). The summed E-state index contributed by atoms with van der Waals surface area (Å²) in [5.74, 6) is 0.175. The van der Waals surface area contributed by atoms with Gasteiger partial charge in [-0.25, -0.2) is 9.37 Å². The first kappa shape index (κ1) is 15.5. The summed E-state index contributed by atoms with van der Waals surface area (Å²) in [5, 5.41) is 4.25. The Morgan fingerprint density at radius 1 is 1.16 bits per heavy atom. The maximum Gasteiger partial charge on any atom is 0.258 e. The van der Waals surface area contributed by atoms with Crippen molar-refractivity contribution in [2.24, 2.45) is 7.05 Å². The quantitative estimate of drug-likeness (QED) is 0.722. The highest BCUT2D eigenvalue weighted by atomic mass is 19.1. The predicted molar refractivity (Wildman–Crippen MR) is 92.8 cm³/mol. The summed E-state index contributed by atoms with van der Waals surface area (Å²) < 4.78 is 15.3. The first-order valence-electron chi connectivity index (χ1n) is 8.18. The largest absolute Gasteiger partial charge is 0.308 e. The van der Waals surface area contributed by atoms with Crippen LogP contribution < -0.4 is 4.90 Å². The van der Waals surface area contributed by atoms with Gasteiger partial charge in [0.15, 0.2) is 5.82 Å². The Bertz CT molecular complexity index is 933. The van der Waals surface area contributed by atoms with Crippen molar-refractivity contribution in [3.63, 3.8) is 0 Å². The molecule has 1 aromatic heterocycles. The summed E-state index contributed by atoms with van der Waals surface area (Å²) >= 11 is 0. The van der Waals surface area contributed by atoms with Crippen LogP contribution in [0.1, 0.15) is 22.3 Å². The number of hydrogen-bond donors (Lipinski definition) is 0. The zero-order valence-electron chi connectivity index (χ0n) is 13.8. The molecule has 126 valence electrons. The molecule has 1 aliphatic rings. The van der Waals surface area contributed by atoms with E-state index >= 15 is 0 Å². The van der Waals surface area contributed by atoms with Crippen molar-refractivity contribution in [2.45, 2.75) is 12.8 Å². The number of aromatic nitrogens is 3. The maximum atomic E-state index is 13.6. The maximum absolute atomic E-state index is 13.6. The molecule has 5 nitrogen and oxygen atoms in total. The zero-order chi connectivity index (χ0) is 17.4. The first-order valence-corrected chi connectivity index (χ1v) is 8.18. The van der Waals surface area contributed by atoms with E-state index in [4.69, 9.17) is 0 Å². The number of carbonyl (C=O) groups is 1. The highest BCUT2D eigenvalue weighted by Crippen LogP contribution is 2.29. The smallest absolute Gasteiger partial charge is 0.258 e. The van der Waals surface area contributed by atoms with Crippen LogP contribution in [-0.4, -0.2) is 27.2 Å². The highest BCUT2D eigenvalue weighted by Gasteiger charge is 2.24. The Morgan fingerprint density at radius 2 is 1.96 bits per heavy atom. The average Bonchev–Trinajstić information content (AvgIpc) is 3.07. The van der Waals surface area contributed by atoms with Crippen molar-refractivity contribution in [1.29, 1.82) is 0 Å². The fraction of sp³-hybridized carbons (Fsp3) is 0.211. The van der Waals surface area contributed by atoms with Crippen molar-refractivity contribution >= 4 is 11.6 Å². The van der Waals surface area contributed by atoms with Crippen molar-refractivity contribution in [3.05, 3.63) is 65.7 Å². The van der Waals surface area contributed by atoms with Gasteiger partial charge in [-0.1, -0.05) is 18.2 Å². The number of aryl methyl sites for hydroxylation is 2. The molecule has 3 aromatic rings. The number of nitrogens with zero attached hydrogens (tertiary/aromatic N) is 4. The topological polar surface area (TPSA) is 51.0 Å². The molecule has 0 aliphatic carbocycles. The Balaban J connectivity index is 1.63. The summed E-state index contributed by atoms with van der Waals surface area (Å²) in [6.07, 6.45) is 3.37. The fourth-order valence-electron chi connectivity index (χ4n) is 3.15. The van der Waals surface area contributed by atoms with Crippen LogP contribution in [0.4, 0.5) is 10.1 Å². The lowest BCUT2D eigenvalue weighted by Crippen LogP contribution is -2.35. The van der Waals surface area contributed by atoms with E-state index in [9.17, 15) is 9.18 Å². The lowest BCUT2D eigenvalue weighted by atomic mass is 10.0. The molecule has 0 saturated carbocycles. The van der Waals surface area contributed by atoms with Crippen LogP contribution in [-0.2, 0) is 13.5 Å². The van der Waals surface area contributed by atoms with Crippen LogP contribution in [0.5, 0.6) is 0 Å². The Kier molecular flexibility index (Phi) is 3.80. The molecular formula is C19H17FN4O. The zero-order valence-corrected chi connectivity index (χ0v) is 13.8. The van der Waals surface area contributed by atoms with Crippen LogP contribution in [0.2, 0.25) is 0 Å². The van der Waals surface area contributed by atoms with Gasteiger partial charge in [-0.3, -0.25) is 9.48 Å². The normalized spacial score (nSPS) is 13.6. The van der Waals surface area contributed by atoms with E-state index in [1.54, 1.807) is 41.2 Å². The number of fused-ring (bicyclic) bond motifs is 1. The molecule has 6 heteroatoms. The van der Waals surface area contributed by atoms with E-state index in [0.717, 1.165) is 24.0 Å². The van der Waals surface area contributed by atoms with Gasteiger partial charge in [0.1, 0.15) is 12.1 Å². The van der Waals surface area contributed by atoms with Gasteiger partial charge in [-0.2, -0.15) is 5.10 Å². The monoisotopic (exact) mass is 336 g/mol. The fourth-order valence-corrected chi connectivity index (χ4v) is 3.15. The van der Waals surface area contributed by atoms with E-state index in [1.807, 2.05) is 12.1 Å². The van der Waals surface area contributed by atoms with Crippen molar-refractivity contribution < 1.29 is 9.18 Å². The molecule has 2 aromatic carbocycles. The molecule has 25 heavy (non-hydrogen) atoms. The van der Waals surface area contributed by atoms with Crippen LogP contribution >= 0.6 is 0 Å². The third-order valence-corrected chi connectivity index (χ3v) is 4.40. The number of carbonyl (C=O) groups excluding carboxylic acids is 1. The van der Waals surface area contributed by atoms with Crippen LogP contribution in [0, 0.1) is 5.82 Å². The van der Waals surface area contributed by atoms with Crippen LogP contribution in [0.15, 0.2) is 48.8 Å². The SMILES string of the molecule is Cn1cnc(-c2ccc(C(=O)N3CCCc4ccc(F)cc43)cc2)n1. The predicted octanol–water partition coefficient (Wildman–Crippen LogP) is 3.21. The number of hydrogen-bond acceptors (Lipinski definition) is 3. The van der Waals surface area contributed by atoms with Crippen LogP contribution in [0.25, 0.3) is 11.4 Å². The minimum absolute atomic E-state index is 0.118. The summed E-state index contributed by atoms with van der Waals surface area (Å²) in [7, 11) is 1.81. The van der Waals surface area contributed by atoms with Gasteiger partial charge in [0, 0.05) is 24.7 Å². The second kappa shape index (κ2) is 6.12. The van der Waals surface area contributed by atoms with E-state index in [1.165, 1.54) is 12.1 Å². The second-order valence-electron chi connectivity index (χ2n) is 6.15. The van der Waals surface area contributed by atoms with E-state index in [0.29, 0.717) is 23.6 Å². The summed E-state index contributed by atoms with van der Waals surface area (Å²) in [6.45, 7) is 0.596. The molecule has 0 fully saturated rings. The van der Waals surface area contributed by atoms with Gasteiger partial charge < -0.3 is 4.90 Å². The molecule has 0 N–H and O–H groups in total. The lowest BCUT2D eigenvalue weighted by Gasteiger charge is -2.29. The molecule has 0 radical (unpaired) electrons. The van der Waals surface area contributed by atoms with Crippen molar-refractivity contribution in [2.75, 3.05) is 11.4 Å². The van der Waals surface area contributed by atoms with Crippen molar-refractivity contribution in [3.8, 4) is 11.4 Å². The molecule has 0 unspecified atom stereocenters.